The molecule has 172 valence electrons. The van der Waals surface area contributed by atoms with E-state index in [0.29, 0.717) is 27.8 Å². The molecule has 0 amide bonds. The summed E-state index contributed by atoms with van der Waals surface area (Å²) in [6.45, 7) is 12.6. The normalized spacial score (nSPS) is 14.1. The standard InChI is InChI=1S/C28H27BF2N2O/c1-27(2,3)16-11-12-23-19(13-16)20-14-17(28(4,5)6)15-21(25(20)33(23)29(30)31)24-26(34)18-9-7-8-10-22(18)32-24/h7-15H,1-6H3. The molecule has 0 saturated heterocycles. The number of hydrogen-bond acceptors (Lipinski definition) is 2. The van der Waals surface area contributed by atoms with Crippen LogP contribution in [-0.4, -0.2) is 23.4 Å². The smallest absolute Gasteiger partial charge is 0.324 e. The van der Waals surface area contributed by atoms with Crippen molar-refractivity contribution >= 4 is 46.4 Å². The van der Waals surface area contributed by atoms with Crippen LogP contribution in [0, 0.1) is 0 Å². The molecule has 6 heteroatoms. The van der Waals surface area contributed by atoms with Crippen molar-refractivity contribution < 1.29 is 13.4 Å². The van der Waals surface area contributed by atoms with Crippen LogP contribution in [0.5, 0.6) is 0 Å². The predicted octanol–water partition coefficient (Wildman–Crippen LogP) is 7.48. The van der Waals surface area contributed by atoms with Crippen LogP contribution in [0.3, 0.4) is 0 Å². The molecule has 0 fully saturated rings. The highest BCUT2D eigenvalue weighted by Crippen LogP contribution is 2.40. The zero-order chi connectivity index (χ0) is 24.6. The molecule has 0 atom stereocenters. The molecule has 3 nitrogen and oxygen atoms in total. The molecule has 0 N–H and O–H groups in total. The lowest BCUT2D eigenvalue weighted by molar-refractivity contribution is 0.107. The molecule has 1 aliphatic rings. The number of halogens is 2. The second-order valence-electron chi connectivity index (χ2n) is 11.1. The van der Waals surface area contributed by atoms with E-state index < -0.39 is 7.40 Å². The van der Waals surface area contributed by atoms with Crippen molar-refractivity contribution in [3.8, 4) is 0 Å². The van der Waals surface area contributed by atoms with Crippen LogP contribution in [0.25, 0.3) is 21.8 Å². The fraction of sp³-hybridized carbons (Fsp3) is 0.286. The van der Waals surface area contributed by atoms with E-state index >= 15 is 0 Å². The molecule has 1 aromatic heterocycles. The number of hydrogen-bond donors (Lipinski definition) is 0. The predicted molar refractivity (Wildman–Crippen MR) is 137 cm³/mol. The van der Waals surface area contributed by atoms with Gasteiger partial charge in [0.05, 0.1) is 11.2 Å². The highest BCUT2D eigenvalue weighted by atomic mass is 19.2. The summed E-state index contributed by atoms with van der Waals surface area (Å²) in [4.78, 5) is 18.0. The fourth-order valence-corrected chi connectivity index (χ4v) is 4.71. The van der Waals surface area contributed by atoms with E-state index in [1.54, 1.807) is 24.3 Å². The van der Waals surface area contributed by atoms with Gasteiger partial charge in [0.2, 0.25) is 5.78 Å². The van der Waals surface area contributed by atoms with Crippen LogP contribution in [0.15, 0.2) is 59.6 Å². The molecule has 0 unspecified atom stereocenters. The van der Waals surface area contributed by atoms with Gasteiger partial charge in [0.25, 0.3) is 0 Å². The molecule has 0 radical (unpaired) electrons. The topological polar surface area (TPSA) is 34.4 Å². The lowest BCUT2D eigenvalue weighted by Crippen LogP contribution is -2.19. The van der Waals surface area contributed by atoms with Gasteiger partial charge in [-0.15, -0.1) is 0 Å². The number of nitrogens with zero attached hydrogens (tertiary/aromatic N) is 2. The van der Waals surface area contributed by atoms with Gasteiger partial charge in [-0.1, -0.05) is 59.7 Å². The van der Waals surface area contributed by atoms with Gasteiger partial charge >= 0.3 is 7.40 Å². The van der Waals surface area contributed by atoms with Crippen molar-refractivity contribution in [3.63, 3.8) is 0 Å². The number of rotatable bonds is 2. The number of carbonyl (C=O) groups is 1. The van der Waals surface area contributed by atoms with Crippen molar-refractivity contribution in [1.29, 1.82) is 0 Å². The summed E-state index contributed by atoms with van der Waals surface area (Å²) < 4.78 is 30.2. The third kappa shape index (κ3) is 3.39. The van der Waals surface area contributed by atoms with Gasteiger partial charge < -0.3 is 4.48 Å². The van der Waals surface area contributed by atoms with E-state index in [9.17, 15) is 13.4 Å². The van der Waals surface area contributed by atoms with Crippen LogP contribution < -0.4 is 0 Å². The van der Waals surface area contributed by atoms with Crippen molar-refractivity contribution in [2.24, 2.45) is 4.99 Å². The largest absolute Gasteiger partial charge is 0.678 e. The van der Waals surface area contributed by atoms with E-state index in [2.05, 4.69) is 46.5 Å². The Morgan fingerprint density at radius 2 is 1.44 bits per heavy atom. The molecule has 0 saturated carbocycles. The molecular weight excluding hydrogens is 429 g/mol. The summed E-state index contributed by atoms with van der Waals surface area (Å²) in [6, 6.07) is 16.7. The minimum atomic E-state index is -2.76. The highest BCUT2D eigenvalue weighted by Gasteiger charge is 2.33. The van der Waals surface area contributed by atoms with E-state index in [1.165, 1.54) is 0 Å². The van der Waals surface area contributed by atoms with Crippen LogP contribution >= 0.6 is 0 Å². The number of para-hydroxylation sites is 1. The molecule has 0 spiro atoms. The summed E-state index contributed by atoms with van der Waals surface area (Å²) in [5.74, 6) is -0.232. The lowest BCUT2D eigenvalue weighted by Gasteiger charge is -2.21. The summed E-state index contributed by atoms with van der Waals surface area (Å²) in [5.41, 5.74) is 4.21. The first-order valence-corrected chi connectivity index (χ1v) is 11.5. The third-order valence-electron chi connectivity index (χ3n) is 6.68. The Hall–Kier alpha value is -3.28. The lowest BCUT2D eigenvalue weighted by atomic mass is 9.83. The van der Waals surface area contributed by atoms with Gasteiger partial charge in [0, 0.05) is 27.4 Å². The summed E-state index contributed by atoms with van der Waals surface area (Å²) in [5, 5.41) is 1.48. The van der Waals surface area contributed by atoms with Gasteiger partial charge in [0.1, 0.15) is 5.71 Å². The highest BCUT2D eigenvalue weighted by molar-refractivity contribution is 6.57. The number of aliphatic imine (C=N–C) groups is 1. The van der Waals surface area contributed by atoms with Gasteiger partial charge in [-0.05, 0) is 58.4 Å². The van der Waals surface area contributed by atoms with Crippen LogP contribution in [0.4, 0.5) is 14.3 Å². The number of Topliss-reactive ketones (excluding diaryl/α,β-unsaturated/α-hetero) is 1. The van der Waals surface area contributed by atoms with E-state index in [0.717, 1.165) is 26.4 Å². The first kappa shape index (κ1) is 22.5. The summed E-state index contributed by atoms with van der Waals surface area (Å²) >= 11 is 0. The molecule has 5 rings (SSSR count). The van der Waals surface area contributed by atoms with Crippen LogP contribution in [0.2, 0.25) is 0 Å². The number of fused-ring (bicyclic) bond motifs is 4. The van der Waals surface area contributed by atoms with E-state index in [4.69, 9.17) is 0 Å². The zero-order valence-electron chi connectivity index (χ0n) is 20.3. The Morgan fingerprint density at radius 3 is 2.06 bits per heavy atom. The molecule has 4 aromatic rings. The summed E-state index contributed by atoms with van der Waals surface area (Å²) in [6.07, 6.45) is 0. The van der Waals surface area contributed by atoms with Gasteiger partial charge in [0.15, 0.2) is 0 Å². The van der Waals surface area contributed by atoms with Crippen LogP contribution in [0.1, 0.15) is 68.6 Å². The second-order valence-corrected chi connectivity index (χ2v) is 11.1. The third-order valence-corrected chi connectivity index (χ3v) is 6.68. The van der Waals surface area contributed by atoms with Crippen LogP contribution in [-0.2, 0) is 10.8 Å². The van der Waals surface area contributed by atoms with Crippen molar-refractivity contribution in [2.75, 3.05) is 0 Å². The quantitative estimate of drug-likeness (QED) is 0.288. The van der Waals surface area contributed by atoms with Crippen molar-refractivity contribution in [1.82, 2.24) is 4.48 Å². The monoisotopic (exact) mass is 456 g/mol. The Bertz CT molecular complexity index is 1520. The Balaban J connectivity index is 1.94. The Labute approximate surface area is 198 Å². The summed E-state index contributed by atoms with van der Waals surface area (Å²) in [7, 11) is -2.76. The number of carbonyl (C=O) groups excluding carboxylic acids is 1. The molecule has 2 heterocycles. The molecule has 0 bridgehead atoms. The van der Waals surface area contributed by atoms with Gasteiger partial charge in [-0.3, -0.25) is 13.4 Å². The first-order valence-electron chi connectivity index (χ1n) is 11.5. The Kier molecular flexibility index (Phi) is 4.87. The fourth-order valence-electron chi connectivity index (χ4n) is 4.71. The average molecular weight is 456 g/mol. The minimum absolute atomic E-state index is 0.134. The number of ketones is 1. The maximum absolute atomic E-state index is 14.6. The zero-order valence-corrected chi connectivity index (χ0v) is 20.3. The first-order chi connectivity index (χ1) is 15.9. The maximum atomic E-state index is 14.6. The number of benzene rings is 3. The number of aromatic nitrogens is 1. The Morgan fingerprint density at radius 1 is 0.794 bits per heavy atom. The molecule has 0 aliphatic carbocycles. The van der Waals surface area contributed by atoms with E-state index in [-0.39, 0.29) is 22.3 Å². The second kappa shape index (κ2) is 7.36. The van der Waals surface area contributed by atoms with Gasteiger partial charge in [-0.25, -0.2) is 4.99 Å². The average Bonchev–Trinajstić information content (AvgIpc) is 3.27. The van der Waals surface area contributed by atoms with Crippen molar-refractivity contribution in [3.05, 3.63) is 76.9 Å². The minimum Gasteiger partial charge on any atom is -0.324 e. The molecule has 1 aliphatic heterocycles. The molecule has 34 heavy (non-hydrogen) atoms. The van der Waals surface area contributed by atoms with E-state index in [1.807, 2.05) is 30.3 Å². The SMILES string of the molecule is CC(C)(C)c1ccc2c(c1)c1cc(C(C)(C)C)cc(C3=Nc4ccccc4C3=O)c1n2B(F)F. The van der Waals surface area contributed by atoms with Crippen molar-refractivity contribution in [2.45, 2.75) is 52.4 Å². The van der Waals surface area contributed by atoms with Gasteiger partial charge in [-0.2, -0.15) is 0 Å². The molecule has 3 aromatic carbocycles. The maximum Gasteiger partial charge on any atom is 0.678 e. The molecular formula is C28H27BF2N2O.